The Labute approximate surface area is 108 Å². The first kappa shape index (κ1) is 11.4. The lowest BCUT2D eigenvalue weighted by Crippen LogP contribution is -2.03. The van der Waals surface area contributed by atoms with Crippen molar-refractivity contribution in [3.63, 3.8) is 0 Å². The van der Waals surface area contributed by atoms with Gasteiger partial charge in [0.1, 0.15) is 11.5 Å². The van der Waals surface area contributed by atoms with E-state index in [9.17, 15) is 0 Å². The summed E-state index contributed by atoms with van der Waals surface area (Å²) in [5.41, 5.74) is 4.14. The normalized spacial score (nSPS) is 23.8. The fraction of sp³-hybridized carbons (Fsp3) is 0.375. The molecule has 2 unspecified atom stereocenters. The number of allylic oxidation sites excluding steroid dienone is 3. The van der Waals surface area contributed by atoms with Crippen LogP contribution >= 0.6 is 0 Å². The molecule has 1 fully saturated rings. The molecule has 0 aromatic heterocycles. The average Bonchev–Trinajstić information content (AvgIpc) is 2.94. The van der Waals surface area contributed by atoms with Crippen molar-refractivity contribution in [1.29, 1.82) is 0 Å². The second-order valence-corrected chi connectivity index (χ2v) is 4.88. The van der Waals surface area contributed by atoms with Gasteiger partial charge in [-0.2, -0.15) is 0 Å². The highest BCUT2D eigenvalue weighted by Crippen LogP contribution is 2.61. The molecule has 2 heteroatoms. The van der Waals surface area contributed by atoms with Gasteiger partial charge < -0.3 is 9.47 Å². The molecule has 2 aliphatic rings. The van der Waals surface area contributed by atoms with Crippen LogP contribution in [0.1, 0.15) is 35.8 Å². The first-order valence-electron chi connectivity index (χ1n) is 6.39. The van der Waals surface area contributed by atoms with Crippen LogP contribution in [-0.4, -0.2) is 14.2 Å². The van der Waals surface area contributed by atoms with Gasteiger partial charge in [0, 0.05) is 23.0 Å². The minimum Gasteiger partial charge on any atom is -0.496 e. The zero-order chi connectivity index (χ0) is 12.7. The minimum absolute atomic E-state index is 0.494. The molecule has 0 amide bonds. The van der Waals surface area contributed by atoms with Gasteiger partial charge in [-0.05, 0) is 25.0 Å². The maximum atomic E-state index is 5.53. The van der Waals surface area contributed by atoms with Crippen molar-refractivity contribution in [2.75, 3.05) is 14.2 Å². The number of methoxy groups -OCH3 is 2. The standard InChI is InChI=1S/C16H18O2/c1-4-5-10-11-6-7-12(10)16-14(18-3)9-8-13(17-2)15(11)16/h4-5,8-9,11-12H,1,6-7H2,2-3H3. The van der Waals surface area contributed by atoms with Crippen molar-refractivity contribution in [1.82, 2.24) is 0 Å². The van der Waals surface area contributed by atoms with E-state index in [0.29, 0.717) is 11.8 Å². The van der Waals surface area contributed by atoms with Crippen LogP contribution in [0, 0.1) is 0 Å². The predicted molar refractivity (Wildman–Crippen MR) is 72.5 cm³/mol. The molecule has 94 valence electrons. The van der Waals surface area contributed by atoms with Gasteiger partial charge in [-0.15, -0.1) is 0 Å². The van der Waals surface area contributed by atoms with Crippen LogP contribution < -0.4 is 9.47 Å². The molecule has 18 heavy (non-hydrogen) atoms. The van der Waals surface area contributed by atoms with Gasteiger partial charge >= 0.3 is 0 Å². The maximum absolute atomic E-state index is 5.53. The predicted octanol–water partition coefficient (Wildman–Crippen LogP) is 3.79. The van der Waals surface area contributed by atoms with Gasteiger partial charge in [-0.3, -0.25) is 0 Å². The van der Waals surface area contributed by atoms with Gasteiger partial charge in [-0.25, -0.2) is 0 Å². The van der Waals surface area contributed by atoms with E-state index in [1.54, 1.807) is 14.2 Å². The highest BCUT2D eigenvalue weighted by molar-refractivity contribution is 5.64. The molecule has 0 saturated heterocycles. The summed E-state index contributed by atoms with van der Waals surface area (Å²) in [5, 5.41) is 0. The van der Waals surface area contributed by atoms with Crippen molar-refractivity contribution < 1.29 is 9.47 Å². The zero-order valence-electron chi connectivity index (χ0n) is 10.9. The van der Waals surface area contributed by atoms with Crippen molar-refractivity contribution in [2.45, 2.75) is 24.7 Å². The van der Waals surface area contributed by atoms with E-state index in [1.165, 1.54) is 29.5 Å². The Morgan fingerprint density at radius 2 is 1.56 bits per heavy atom. The highest BCUT2D eigenvalue weighted by atomic mass is 16.5. The Morgan fingerprint density at radius 3 is 1.94 bits per heavy atom. The van der Waals surface area contributed by atoms with Crippen molar-refractivity contribution in [3.8, 4) is 11.5 Å². The Bertz CT molecular complexity index is 487. The summed E-state index contributed by atoms with van der Waals surface area (Å²) in [4.78, 5) is 0. The number of benzene rings is 1. The van der Waals surface area contributed by atoms with Crippen molar-refractivity contribution >= 4 is 0 Å². The monoisotopic (exact) mass is 242 g/mol. The second-order valence-electron chi connectivity index (χ2n) is 4.88. The van der Waals surface area contributed by atoms with E-state index in [-0.39, 0.29) is 0 Å². The molecule has 0 N–H and O–H groups in total. The van der Waals surface area contributed by atoms with Gasteiger partial charge in [0.25, 0.3) is 0 Å². The fourth-order valence-electron chi connectivity index (χ4n) is 3.57. The maximum Gasteiger partial charge on any atom is 0.123 e. The molecular formula is C16H18O2. The molecule has 2 atom stereocenters. The van der Waals surface area contributed by atoms with E-state index < -0.39 is 0 Å². The van der Waals surface area contributed by atoms with Gasteiger partial charge in [0.05, 0.1) is 14.2 Å². The third kappa shape index (κ3) is 1.35. The Hall–Kier alpha value is -1.70. The van der Waals surface area contributed by atoms with Gasteiger partial charge in [0.2, 0.25) is 0 Å². The number of ether oxygens (including phenoxy) is 2. The van der Waals surface area contributed by atoms with E-state index in [4.69, 9.17) is 9.47 Å². The van der Waals surface area contributed by atoms with Crippen molar-refractivity contribution in [2.24, 2.45) is 0 Å². The Kier molecular flexibility index (Phi) is 2.66. The number of fused-ring (bicyclic) bond motifs is 5. The van der Waals surface area contributed by atoms with Crippen LogP contribution in [0.2, 0.25) is 0 Å². The summed E-state index contributed by atoms with van der Waals surface area (Å²) in [6.07, 6.45) is 6.48. The summed E-state index contributed by atoms with van der Waals surface area (Å²) in [5.74, 6) is 2.97. The summed E-state index contributed by atoms with van der Waals surface area (Å²) >= 11 is 0. The van der Waals surface area contributed by atoms with E-state index in [1.807, 2.05) is 18.2 Å². The molecule has 3 rings (SSSR count). The van der Waals surface area contributed by atoms with Crippen LogP contribution in [0.3, 0.4) is 0 Å². The van der Waals surface area contributed by atoms with Crippen LogP contribution in [0.5, 0.6) is 11.5 Å². The number of hydrogen-bond donors (Lipinski definition) is 0. The highest BCUT2D eigenvalue weighted by Gasteiger charge is 2.44. The smallest absolute Gasteiger partial charge is 0.123 e. The number of hydrogen-bond acceptors (Lipinski definition) is 2. The van der Waals surface area contributed by atoms with E-state index in [2.05, 4.69) is 12.7 Å². The van der Waals surface area contributed by atoms with Crippen molar-refractivity contribution in [3.05, 3.63) is 47.6 Å². The first-order valence-corrected chi connectivity index (χ1v) is 6.39. The third-order valence-corrected chi connectivity index (χ3v) is 4.20. The van der Waals surface area contributed by atoms with Gasteiger partial charge in [-0.1, -0.05) is 24.3 Å². The molecule has 0 heterocycles. The molecule has 0 aliphatic heterocycles. The number of rotatable bonds is 3. The van der Waals surface area contributed by atoms with Crippen LogP contribution in [0.15, 0.2) is 36.4 Å². The van der Waals surface area contributed by atoms with Crippen LogP contribution in [0.4, 0.5) is 0 Å². The fourth-order valence-corrected chi connectivity index (χ4v) is 3.57. The lowest BCUT2D eigenvalue weighted by atomic mass is 9.90. The molecule has 0 spiro atoms. The Balaban J connectivity index is 2.23. The topological polar surface area (TPSA) is 18.5 Å². The summed E-state index contributed by atoms with van der Waals surface area (Å²) in [7, 11) is 3.48. The quantitative estimate of drug-likeness (QED) is 0.802. The average molecular weight is 242 g/mol. The summed E-state index contributed by atoms with van der Waals surface area (Å²) in [6, 6.07) is 4.04. The molecule has 2 bridgehead atoms. The molecule has 2 nitrogen and oxygen atoms in total. The molecule has 1 aromatic carbocycles. The van der Waals surface area contributed by atoms with E-state index >= 15 is 0 Å². The molecule has 2 aliphatic carbocycles. The summed E-state index contributed by atoms with van der Waals surface area (Å²) < 4.78 is 11.1. The SMILES string of the molecule is C=CC=C1C2CCC1c1c(OC)ccc(OC)c12. The second kappa shape index (κ2) is 4.20. The van der Waals surface area contributed by atoms with Gasteiger partial charge in [0.15, 0.2) is 0 Å². The third-order valence-electron chi connectivity index (χ3n) is 4.20. The zero-order valence-corrected chi connectivity index (χ0v) is 10.9. The van der Waals surface area contributed by atoms with Crippen LogP contribution in [0.25, 0.3) is 0 Å². The molecule has 1 saturated carbocycles. The molecule has 1 aromatic rings. The Morgan fingerprint density at radius 1 is 1.06 bits per heavy atom. The largest absolute Gasteiger partial charge is 0.496 e. The first-order chi connectivity index (χ1) is 8.81. The minimum atomic E-state index is 0.494. The molecule has 0 radical (unpaired) electrons. The van der Waals surface area contributed by atoms with Crippen LogP contribution in [-0.2, 0) is 0 Å². The molecular weight excluding hydrogens is 224 g/mol. The summed E-state index contributed by atoms with van der Waals surface area (Å²) in [6.45, 7) is 3.83. The lowest BCUT2D eigenvalue weighted by Gasteiger charge is -2.20. The lowest BCUT2D eigenvalue weighted by molar-refractivity contribution is 0.391. The van der Waals surface area contributed by atoms with E-state index in [0.717, 1.165) is 11.5 Å².